The fourth-order valence-electron chi connectivity index (χ4n) is 1.63. The lowest BCUT2D eigenvalue weighted by atomic mass is 10.2. The molecule has 0 unspecified atom stereocenters. The van der Waals surface area contributed by atoms with Crippen LogP contribution >= 0.6 is 0 Å². The fraction of sp³-hybridized carbons (Fsp3) is 0.267. The summed E-state index contributed by atoms with van der Waals surface area (Å²) in [7, 11) is 0. The Labute approximate surface area is 113 Å². The molecule has 1 heterocycles. The van der Waals surface area contributed by atoms with Crippen molar-refractivity contribution < 1.29 is 9.47 Å². The minimum absolute atomic E-state index is 0.0699. The first kappa shape index (κ1) is 13.4. The Kier molecular flexibility index (Phi) is 4.36. The highest BCUT2D eigenvalue weighted by Crippen LogP contribution is 2.23. The van der Waals surface area contributed by atoms with Gasteiger partial charge in [0.25, 0.3) is 0 Å². The zero-order chi connectivity index (χ0) is 13.7. The largest absolute Gasteiger partial charge is 0.494 e. The van der Waals surface area contributed by atoms with Crippen LogP contribution in [0, 0.1) is 0 Å². The van der Waals surface area contributed by atoms with Gasteiger partial charge in [0.15, 0.2) is 0 Å². The SMILES string of the molecule is CCOc1ccc(Oc2ccc([C@H](C)N)nc2)cc1. The molecule has 4 nitrogen and oxygen atoms in total. The molecule has 100 valence electrons. The van der Waals surface area contributed by atoms with E-state index < -0.39 is 0 Å². The van der Waals surface area contributed by atoms with E-state index in [2.05, 4.69) is 4.98 Å². The molecule has 2 N–H and O–H groups in total. The van der Waals surface area contributed by atoms with Gasteiger partial charge in [0.2, 0.25) is 0 Å². The van der Waals surface area contributed by atoms with Crippen LogP contribution in [0.4, 0.5) is 0 Å². The Morgan fingerprint density at radius 2 is 1.68 bits per heavy atom. The first-order valence-electron chi connectivity index (χ1n) is 6.31. The van der Waals surface area contributed by atoms with E-state index in [4.69, 9.17) is 15.2 Å². The number of hydrogen-bond acceptors (Lipinski definition) is 4. The summed E-state index contributed by atoms with van der Waals surface area (Å²) < 4.78 is 11.1. The van der Waals surface area contributed by atoms with Crippen LogP contribution in [0.3, 0.4) is 0 Å². The number of ether oxygens (including phenoxy) is 2. The molecule has 0 fully saturated rings. The summed E-state index contributed by atoms with van der Waals surface area (Å²) in [6.07, 6.45) is 1.68. The molecule has 0 saturated carbocycles. The fourth-order valence-corrected chi connectivity index (χ4v) is 1.63. The van der Waals surface area contributed by atoms with Gasteiger partial charge in [0.05, 0.1) is 18.5 Å². The summed E-state index contributed by atoms with van der Waals surface area (Å²) in [6, 6.07) is 11.1. The van der Waals surface area contributed by atoms with E-state index in [0.29, 0.717) is 12.4 Å². The Morgan fingerprint density at radius 1 is 1.05 bits per heavy atom. The number of pyridine rings is 1. The third-order valence-corrected chi connectivity index (χ3v) is 2.60. The van der Waals surface area contributed by atoms with E-state index in [-0.39, 0.29) is 6.04 Å². The van der Waals surface area contributed by atoms with Gasteiger partial charge in [-0.25, -0.2) is 0 Å². The number of nitrogens with two attached hydrogens (primary N) is 1. The van der Waals surface area contributed by atoms with Crippen LogP contribution in [-0.2, 0) is 0 Å². The molecule has 19 heavy (non-hydrogen) atoms. The lowest BCUT2D eigenvalue weighted by molar-refractivity contribution is 0.339. The Hall–Kier alpha value is -2.07. The Balaban J connectivity index is 2.04. The minimum Gasteiger partial charge on any atom is -0.494 e. The average molecular weight is 258 g/mol. The van der Waals surface area contributed by atoms with Crippen LogP contribution in [0.1, 0.15) is 25.6 Å². The van der Waals surface area contributed by atoms with Crippen molar-refractivity contribution in [1.29, 1.82) is 0 Å². The van der Waals surface area contributed by atoms with Gasteiger partial charge in [0.1, 0.15) is 17.2 Å². The van der Waals surface area contributed by atoms with Crippen molar-refractivity contribution in [2.45, 2.75) is 19.9 Å². The van der Waals surface area contributed by atoms with Gasteiger partial charge < -0.3 is 15.2 Å². The maximum absolute atomic E-state index is 5.74. The number of aromatic nitrogens is 1. The third-order valence-electron chi connectivity index (χ3n) is 2.60. The highest BCUT2D eigenvalue weighted by atomic mass is 16.5. The number of rotatable bonds is 5. The predicted molar refractivity (Wildman–Crippen MR) is 74.5 cm³/mol. The zero-order valence-corrected chi connectivity index (χ0v) is 11.2. The van der Waals surface area contributed by atoms with Crippen molar-refractivity contribution in [3.63, 3.8) is 0 Å². The lowest BCUT2D eigenvalue weighted by Crippen LogP contribution is -2.06. The first-order chi connectivity index (χ1) is 9.19. The second-order valence-corrected chi connectivity index (χ2v) is 4.21. The van der Waals surface area contributed by atoms with Gasteiger partial charge in [-0.3, -0.25) is 4.98 Å². The molecule has 2 aromatic rings. The van der Waals surface area contributed by atoms with Crippen molar-refractivity contribution >= 4 is 0 Å². The average Bonchev–Trinajstić information content (AvgIpc) is 2.42. The quantitative estimate of drug-likeness (QED) is 0.894. The molecule has 0 aliphatic carbocycles. The highest BCUT2D eigenvalue weighted by molar-refractivity contribution is 5.34. The Bertz CT molecular complexity index is 507. The summed E-state index contributed by atoms with van der Waals surface area (Å²) in [4.78, 5) is 4.25. The normalized spacial score (nSPS) is 11.9. The van der Waals surface area contributed by atoms with Gasteiger partial charge in [-0.05, 0) is 50.2 Å². The molecule has 1 aromatic heterocycles. The molecule has 0 aliphatic rings. The van der Waals surface area contributed by atoms with Crippen molar-refractivity contribution in [2.24, 2.45) is 5.73 Å². The number of nitrogens with zero attached hydrogens (tertiary/aromatic N) is 1. The predicted octanol–water partition coefficient (Wildman–Crippen LogP) is 3.29. The van der Waals surface area contributed by atoms with E-state index in [1.165, 1.54) is 0 Å². The minimum atomic E-state index is -0.0699. The van der Waals surface area contributed by atoms with Crippen molar-refractivity contribution in [1.82, 2.24) is 4.98 Å². The molecular formula is C15H18N2O2. The van der Waals surface area contributed by atoms with Crippen LogP contribution in [0.25, 0.3) is 0 Å². The van der Waals surface area contributed by atoms with Crippen LogP contribution in [0.15, 0.2) is 42.6 Å². The van der Waals surface area contributed by atoms with Crippen LogP contribution in [-0.4, -0.2) is 11.6 Å². The summed E-state index contributed by atoms with van der Waals surface area (Å²) in [5.74, 6) is 2.27. The maximum Gasteiger partial charge on any atom is 0.145 e. The standard InChI is InChI=1S/C15H18N2O2/c1-3-18-12-4-6-13(7-5-12)19-14-8-9-15(11(2)16)17-10-14/h4-11H,3,16H2,1-2H3/t11-/m0/s1. The second kappa shape index (κ2) is 6.20. The van der Waals surface area contributed by atoms with Gasteiger partial charge >= 0.3 is 0 Å². The monoisotopic (exact) mass is 258 g/mol. The zero-order valence-electron chi connectivity index (χ0n) is 11.2. The van der Waals surface area contributed by atoms with Gasteiger partial charge in [0, 0.05) is 6.04 Å². The summed E-state index contributed by atoms with van der Waals surface area (Å²) in [5.41, 5.74) is 6.59. The second-order valence-electron chi connectivity index (χ2n) is 4.21. The van der Waals surface area contributed by atoms with Gasteiger partial charge in [-0.15, -0.1) is 0 Å². The highest BCUT2D eigenvalue weighted by Gasteiger charge is 2.02. The molecule has 0 radical (unpaired) electrons. The van der Waals surface area contributed by atoms with Crippen molar-refractivity contribution in [3.05, 3.63) is 48.3 Å². The van der Waals surface area contributed by atoms with E-state index in [0.717, 1.165) is 17.2 Å². The number of hydrogen-bond donors (Lipinski definition) is 1. The van der Waals surface area contributed by atoms with Crippen LogP contribution in [0.5, 0.6) is 17.2 Å². The molecule has 4 heteroatoms. The van der Waals surface area contributed by atoms with E-state index in [9.17, 15) is 0 Å². The summed E-state index contributed by atoms with van der Waals surface area (Å²) >= 11 is 0. The van der Waals surface area contributed by atoms with E-state index in [1.54, 1.807) is 6.20 Å². The smallest absolute Gasteiger partial charge is 0.145 e. The molecule has 0 bridgehead atoms. The molecule has 2 rings (SSSR count). The van der Waals surface area contributed by atoms with E-state index in [1.807, 2.05) is 50.2 Å². The molecule has 1 atom stereocenters. The Morgan fingerprint density at radius 3 is 2.21 bits per heavy atom. The molecule has 0 aliphatic heterocycles. The molecule has 0 spiro atoms. The molecule has 0 amide bonds. The first-order valence-corrected chi connectivity index (χ1v) is 6.31. The van der Waals surface area contributed by atoms with Crippen LogP contribution in [0.2, 0.25) is 0 Å². The van der Waals surface area contributed by atoms with Crippen molar-refractivity contribution in [3.8, 4) is 17.2 Å². The van der Waals surface area contributed by atoms with Gasteiger partial charge in [-0.1, -0.05) is 0 Å². The molecule has 1 aromatic carbocycles. The van der Waals surface area contributed by atoms with Gasteiger partial charge in [-0.2, -0.15) is 0 Å². The molecular weight excluding hydrogens is 240 g/mol. The maximum atomic E-state index is 5.74. The third kappa shape index (κ3) is 3.69. The summed E-state index contributed by atoms with van der Waals surface area (Å²) in [6.45, 7) is 4.51. The molecule has 0 saturated heterocycles. The van der Waals surface area contributed by atoms with Crippen LogP contribution < -0.4 is 15.2 Å². The summed E-state index contributed by atoms with van der Waals surface area (Å²) in [5, 5.41) is 0. The topological polar surface area (TPSA) is 57.4 Å². The lowest BCUT2D eigenvalue weighted by Gasteiger charge is -2.08. The van der Waals surface area contributed by atoms with E-state index >= 15 is 0 Å². The van der Waals surface area contributed by atoms with Crippen molar-refractivity contribution in [2.75, 3.05) is 6.61 Å². The number of benzene rings is 1.